The van der Waals surface area contributed by atoms with Gasteiger partial charge in [-0.05, 0) is 34.1 Å². The molecule has 3 atom stereocenters. The van der Waals surface area contributed by atoms with Gasteiger partial charge in [-0.25, -0.2) is 9.18 Å². The number of aliphatic carboxylic acids is 1. The molecule has 8 heteroatoms. The first-order chi connectivity index (χ1) is 11.5. The number of alkyl halides is 1. The number of rotatable bonds is 4. The number of ether oxygens (including phenoxy) is 1. The molecule has 2 heterocycles. The van der Waals surface area contributed by atoms with Gasteiger partial charge in [-0.2, -0.15) is 0 Å². The van der Waals surface area contributed by atoms with Crippen LogP contribution < -0.4 is 0 Å². The molecule has 7 nitrogen and oxygen atoms in total. The number of halogens is 1. The molecule has 1 N–H and O–H groups in total. The average Bonchev–Trinajstić information content (AvgIpc) is 2.84. The highest BCUT2D eigenvalue weighted by Crippen LogP contribution is 2.21. The van der Waals surface area contributed by atoms with Crippen molar-refractivity contribution >= 4 is 12.1 Å². The van der Waals surface area contributed by atoms with Gasteiger partial charge in [0.15, 0.2) is 0 Å². The summed E-state index contributed by atoms with van der Waals surface area (Å²) in [5, 5.41) is 9.18. The van der Waals surface area contributed by atoms with Crippen LogP contribution in [0.25, 0.3) is 0 Å². The zero-order chi connectivity index (χ0) is 18.8. The summed E-state index contributed by atoms with van der Waals surface area (Å²) >= 11 is 0. The lowest BCUT2D eigenvalue weighted by Gasteiger charge is -2.45. The van der Waals surface area contributed by atoms with Crippen molar-refractivity contribution in [2.24, 2.45) is 0 Å². The molecule has 0 radical (unpaired) electrons. The number of hydrogen-bond acceptors (Lipinski definition) is 5. The van der Waals surface area contributed by atoms with E-state index in [4.69, 9.17) is 4.74 Å². The Kier molecular flexibility index (Phi) is 6.26. The molecule has 2 fully saturated rings. The van der Waals surface area contributed by atoms with Gasteiger partial charge in [0.1, 0.15) is 11.8 Å². The van der Waals surface area contributed by atoms with E-state index in [0.717, 1.165) is 0 Å². The second kappa shape index (κ2) is 7.86. The molecule has 0 unspecified atom stereocenters. The van der Waals surface area contributed by atoms with Gasteiger partial charge in [-0.1, -0.05) is 0 Å². The molecule has 0 bridgehead atoms. The van der Waals surface area contributed by atoms with Crippen LogP contribution in [0.3, 0.4) is 0 Å². The predicted octanol–water partition coefficient (Wildman–Crippen LogP) is 1.42. The van der Waals surface area contributed by atoms with Crippen LogP contribution in [0.2, 0.25) is 0 Å². The van der Waals surface area contributed by atoms with E-state index < -0.39 is 17.7 Å². The lowest BCUT2D eigenvalue weighted by atomic mass is 10.1. The van der Waals surface area contributed by atoms with E-state index >= 15 is 0 Å². The maximum absolute atomic E-state index is 13.5. The lowest BCUT2D eigenvalue weighted by molar-refractivity contribution is -0.140. The summed E-state index contributed by atoms with van der Waals surface area (Å²) in [6.07, 6.45) is -0.695. The second-order valence-electron chi connectivity index (χ2n) is 8.10. The zero-order valence-corrected chi connectivity index (χ0v) is 15.6. The predicted molar refractivity (Wildman–Crippen MR) is 91.4 cm³/mol. The largest absolute Gasteiger partial charge is 0.480 e. The topological polar surface area (TPSA) is 73.3 Å². The van der Waals surface area contributed by atoms with Crippen LogP contribution in [-0.2, 0) is 9.53 Å². The van der Waals surface area contributed by atoms with Crippen molar-refractivity contribution in [2.45, 2.75) is 58.0 Å². The lowest BCUT2D eigenvalue weighted by Crippen LogP contribution is -2.62. The Morgan fingerprint density at radius 1 is 1.24 bits per heavy atom. The summed E-state index contributed by atoms with van der Waals surface area (Å²) < 4.78 is 18.9. The molecule has 2 saturated heterocycles. The van der Waals surface area contributed by atoms with Crippen molar-refractivity contribution in [3.8, 4) is 0 Å². The molecule has 0 aliphatic carbocycles. The van der Waals surface area contributed by atoms with Crippen LogP contribution in [-0.4, -0.2) is 95.0 Å². The van der Waals surface area contributed by atoms with E-state index in [9.17, 15) is 19.1 Å². The Bertz CT molecular complexity index is 497. The van der Waals surface area contributed by atoms with E-state index in [-0.39, 0.29) is 24.7 Å². The Morgan fingerprint density at radius 2 is 1.92 bits per heavy atom. The van der Waals surface area contributed by atoms with Crippen LogP contribution in [0.4, 0.5) is 9.18 Å². The van der Waals surface area contributed by atoms with Gasteiger partial charge in [0.05, 0.1) is 6.54 Å². The van der Waals surface area contributed by atoms with Crippen molar-refractivity contribution in [1.82, 2.24) is 14.7 Å². The van der Waals surface area contributed by atoms with Crippen LogP contribution >= 0.6 is 0 Å². The fraction of sp³-hybridized carbons (Fsp3) is 0.882. The third kappa shape index (κ3) is 5.81. The molecule has 144 valence electrons. The molecule has 0 aromatic carbocycles. The number of amides is 1. The van der Waals surface area contributed by atoms with Crippen molar-refractivity contribution in [3.63, 3.8) is 0 Å². The van der Waals surface area contributed by atoms with Gasteiger partial charge < -0.3 is 14.7 Å². The quantitative estimate of drug-likeness (QED) is 0.819. The molecular weight excluding hydrogens is 329 g/mol. The molecule has 2 aliphatic rings. The van der Waals surface area contributed by atoms with Crippen LogP contribution in [0, 0.1) is 0 Å². The van der Waals surface area contributed by atoms with Gasteiger partial charge in [0, 0.05) is 44.8 Å². The third-order valence-corrected chi connectivity index (χ3v) is 4.60. The monoisotopic (exact) mass is 359 g/mol. The summed E-state index contributed by atoms with van der Waals surface area (Å²) in [6, 6.07) is -0.289. The molecule has 0 aromatic rings. The fourth-order valence-corrected chi connectivity index (χ4v) is 3.47. The molecule has 2 aliphatic heterocycles. The minimum absolute atomic E-state index is 0.0793. The number of nitrogens with zero attached hydrogens (tertiary/aromatic N) is 3. The zero-order valence-electron chi connectivity index (χ0n) is 15.6. The van der Waals surface area contributed by atoms with Gasteiger partial charge in [-0.3, -0.25) is 14.6 Å². The SMILES string of the molecule is C[C@@H]1CN(CC(=O)O)[C@@H](CN2CC[C@@H](F)C2)CN1C(=O)OC(C)(C)C. The number of likely N-dealkylation sites (tertiary alicyclic amines) is 1. The van der Waals surface area contributed by atoms with E-state index in [1.54, 1.807) is 4.90 Å². The van der Waals surface area contributed by atoms with Gasteiger partial charge in [0.2, 0.25) is 0 Å². The summed E-state index contributed by atoms with van der Waals surface area (Å²) in [7, 11) is 0. The van der Waals surface area contributed by atoms with Crippen LogP contribution in [0.15, 0.2) is 0 Å². The Balaban J connectivity index is 2.07. The summed E-state index contributed by atoms with van der Waals surface area (Å²) in [5.41, 5.74) is -0.582. The van der Waals surface area contributed by atoms with Crippen LogP contribution in [0.5, 0.6) is 0 Å². The first-order valence-corrected chi connectivity index (χ1v) is 8.87. The van der Waals surface area contributed by atoms with Crippen LogP contribution in [0.1, 0.15) is 34.1 Å². The molecule has 1 amide bonds. The van der Waals surface area contributed by atoms with Crippen molar-refractivity contribution in [1.29, 1.82) is 0 Å². The molecule has 2 rings (SSSR count). The van der Waals surface area contributed by atoms with E-state index in [1.807, 2.05) is 37.5 Å². The number of piperazine rings is 1. The number of carbonyl (C=O) groups excluding carboxylic acids is 1. The van der Waals surface area contributed by atoms with Gasteiger partial charge in [-0.15, -0.1) is 0 Å². The number of carbonyl (C=O) groups is 2. The van der Waals surface area contributed by atoms with E-state index in [1.165, 1.54) is 0 Å². The van der Waals surface area contributed by atoms with E-state index in [2.05, 4.69) is 0 Å². The highest BCUT2D eigenvalue weighted by molar-refractivity contribution is 5.70. The van der Waals surface area contributed by atoms with Crippen molar-refractivity contribution < 1.29 is 23.8 Å². The Labute approximate surface area is 148 Å². The Hall–Kier alpha value is -1.41. The number of carboxylic acid groups (broad SMARTS) is 1. The summed E-state index contributed by atoms with van der Waals surface area (Å²) in [5.74, 6) is -0.896. The highest BCUT2D eigenvalue weighted by Gasteiger charge is 2.38. The molecule has 0 saturated carbocycles. The third-order valence-electron chi connectivity index (χ3n) is 4.60. The van der Waals surface area contributed by atoms with Gasteiger partial charge >= 0.3 is 12.1 Å². The average molecular weight is 359 g/mol. The first-order valence-electron chi connectivity index (χ1n) is 8.87. The van der Waals surface area contributed by atoms with Crippen molar-refractivity contribution in [3.05, 3.63) is 0 Å². The second-order valence-corrected chi connectivity index (χ2v) is 8.10. The van der Waals surface area contributed by atoms with Crippen molar-refractivity contribution in [2.75, 3.05) is 39.3 Å². The maximum Gasteiger partial charge on any atom is 0.410 e. The summed E-state index contributed by atoms with van der Waals surface area (Å²) in [4.78, 5) is 29.2. The number of carboxylic acids is 1. The first kappa shape index (κ1) is 19.9. The minimum atomic E-state index is -0.896. The standard InChI is InChI=1S/C17H30FN3O4/c1-12-7-20(11-15(22)23)14(9-19-6-5-13(18)8-19)10-21(12)16(24)25-17(2,3)4/h12-14H,5-11H2,1-4H3,(H,22,23)/t12-,13-,14+/m1/s1. The Morgan fingerprint density at radius 3 is 2.44 bits per heavy atom. The van der Waals surface area contributed by atoms with E-state index in [0.29, 0.717) is 39.1 Å². The van der Waals surface area contributed by atoms with Gasteiger partial charge in [0.25, 0.3) is 0 Å². The molecule has 25 heavy (non-hydrogen) atoms. The fourth-order valence-electron chi connectivity index (χ4n) is 3.47. The molecule has 0 spiro atoms. The minimum Gasteiger partial charge on any atom is -0.480 e. The number of hydrogen-bond donors (Lipinski definition) is 1. The molecular formula is C17H30FN3O4. The highest BCUT2D eigenvalue weighted by atomic mass is 19.1. The summed E-state index contributed by atoms with van der Waals surface area (Å²) in [6.45, 7) is 9.71. The maximum atomic E-state index is 13.5. The normalized spacial score (nSPS) is 29.0. The molecule has 0 aromatic heterocycles. The smallest absolute Gasteiger partial charge is 0.410 e.